The minimum atomic E-state index is 0.469. The summed E-state index contributed by atoms with van der Waals surface area (Å²) in [6, 6.07) is 26.8. The van der Waals surface area contributed by atoms with E-state index in [0.29, 0.717) is 22.5 Å². The maximum Gasteiger partial charge on any atom is 0.101 e. The number of nitrogens with zero attached hydrogens (tertiary/aromatic N) is 2. The van der Waals surface area contributed by atoms with Crippen molar-refractivity contribution < 1.29 is 0 Å². The van der Waals surface area contributed by atoms with Gasteiger partial charge < -0.3 is 10.6 Å². The molecule has 0 saturated heterocycles. The molecule has 114 valence electrons. The number of hydrogen-bond donors (Lipinski definition) is 2. The molecule has 0 aliphatic rings. The number of nitriles is 2. The lowest BCUT2D eigenvalue weighted by Gasteiger charge is -2.13. The molecule has 3 aromatic carbocycles. The van der Waals surface area contributed by atoms with Crippen LogP contribution in [0.15, 0.2) is 72.8 Å². The van der Waals surface area contributed by atoms with E-state index in [-0.39, 0.29) is 0 Å². The molecule has 0 aliphatic carbocycles. The highest BCUT2D eigenvalue weighted by molar-refractivity contribution is 5.77. The minimum Gasteiger partial charge on any atom is -0.354 e. The maximum absolute atomic E-state index is 9.45. The fraction of sp³-hybridized carbons (Fsp3) is 0. The van der Waals surface area contributed by atoms with Crippen molar-refractivity contribution >= 4 is 22.7 Å². The van der Waals surface area contributed by atoms with Crippen molar-refractivity contribution in [3.05, 3.63) is 83.9 Å². The molecular formula is C20H14N4. The molecule has 24 heavy (non-hydrogen) atoms. The van der Waals surface area contributed by atoms with Gasteiger partial charge in [0.1, 0.15) is 12.1 Å². The van der Waals surface area contributed by atoms with E-state index in [2.05, 4.69) is 22.8 Å². The highest BCUT2D eigenvalue weighted by Gasteiger charge is 2.10. The normalized spacial score (nSPS) is 9.58. The molecule has 2 N–H and O–H groups in total. The Hall–Kier alpha value is -3.76. The Morgan fingerprint density at radius 2 is 0.958 bits per heavy atom. The summed E-state index contributed by atoms with van der Waals surface area (Å²) in [5.41, 5.74) is 3.88. The van der Waals surface area contributed by atoms with Gasteiger partial charge in [0.25, 0.3) is 0 Å². The van der Waals surface area contributed by atoms with Gasteiger partial charge in [-0.05, 0) is 36.4 Å². The third-order valence-electron chi connectivity index (χ3n) is 3.50. The van der Waals surface area contributed by atoms with Crippen LogP contribution in [0.3, 0.4) is 0 Å². The van der Waals surface area contributed by atoms with Crippen molar-refractivity contribution in [3.8, 4) is 12.1 Å². The highest BCUT2D eigenvalue weighted by Crippen LogP contribution is 2.29. The van der Waals surface area contributed by atoms with E-state index in [1.807, 2.05) is 60.7 Å². The summed E-state index contributed by atoms with van der Waals surface area (Å²) in [6.45, 7) is 0. The first-order valence-corrected chi connectivity index (χ1v) is 7.42. The lowest BCUT2D eigenvalue weighted by atomic mass is 10.1. The van der Waals surface area contributed by atoms with Crippen LogP contribution in [0.25, 0.3) is 0 Å². The molecule has 3 aromatic rings. The second kappa shape index (κ2) is 7.00. The van der Waals surface area contributed by atoms with Crippen LogP contribution in [0.4, 0.5) is 22.7 Å². The molecule has 0 heterocycles. The standard InChI is InChI=1S/C20H14N4/c21-13-15-12-20(24-18-9-5-2-6-10-18)16(14-22)11-19(15)23-17-7-3-1-4-8-17/h1-12,23-24H. The van der Waals surface area contributed by atoms with E-state index < -0.39 is 0 Å². The summed E-state index contributed by atoms with van der Waals surface area (Å²) in [6.07, 6.45) is 0. The van der Waals surface area contributed by atoms with Crippen LogP contribution in [0, 0.1) is 22.7 Å². The van der Waals surface area contributed by atoms with E-state index in [4.69, 9.17) is 0 Å². The van der Waals surface area contributed by atoms with Crippen molar-refractivity contribution in [2.24, 2.45) is 0 Å². The van der Waals surface area contributed by atoms with E-state index >= 15 is 0 Å². The number of nitrogens with one attached hydrogen (secondary N) is 2. The van der Waals surface area contributed by atoms with Crippen LogP contribution in [0.1, 0.15) is 11.1 Å². The molecule has 0 spiro atoms. The van der Waals surface area contributed by atoms with Gasteiger partial charge in [-0.3, -0.25) is 0 Å². The summed E-state index contributed by atoms with van der Waals surface area (Å²) >= 11 is 0. The molecule has 0 aromatic heterocycles. The van der Waals surface area contributed by atoms with Crippen LogP contribution in [0.2, 0.25) is 0 Å². The average molecular weight is 310 g/mol. The first kappa shape index (κ1) is 15.1. The van der Waals surface area contributed by atoms with Crippen LogP contribution < -0.4 is 10.6 Å². The van der Waals surface area contributed by atoms with Gasteiger partial charge in [-0.15, -0.1) is 0 Å². The Bertz CT molecular complexity index is 840. The van der Waals surface area contributed by atoms with Crippen molar-refractivity contribution in [3.63, 3.8) is 0 Å². The molecule has 0 fully saturated rings. The Morgan fingerprint density at radius 3 is 1.29 bits per heavy atom. The number of benzene rings is 3. The SMILES string of the molecule is N#Cc1cc(Nc2ccccc2)c(C#N)cc1Nc1ccccc1. The van der Waals surface area contributed by atoms with E-state index in [9.17, 15) is 10.5 Å². The van der Waals surface area contributed by atoms with E-state index in [1.165, 1.54) is 0 Å². The van der Waals surface area contributed by atoms with Crippen molar-refractivity contribution in [1.82, 2.24) is 0 Å². The van der Waals surface area contributed by atoms with Gasteiger partial charge in [0.05, 0.1) is 22.5 Å². The number of para-hydroxylation sites is 2. The van der Waals surface area contributed by atoms with Gasteiger partial charge in [0, 0.05) is 11.4 Å². The zero-order valence-electron chi connectivity index (χ0n) is 12.8. The zero-order chi connectivity index (χ0) is 16.8. The third kappa shape index (κ3) is 3.35. The van der Waals surface area contributed by atoms with Crippen LogP contribution in [-0.2, 0) is 0 Å². The number of anilines is 4. The molecule has 0 bridgehead atoms. The van der Waals surface area contributed by atoms with Gasteiger partial charge in [-0.2, -0.15) is 10.5 Å². The summed E-state index contributed by atoms with van der Waals surface area (Å²) in [5.74, 6) is 0. The fourth-order valence-electron chi connectivity index (χ4n) is 2.35. The number of rotatable bonds is 4. The van der Waals surface area contributed by atoms with Crippen LogP contribution >= 0.6 is 0 Å². The first-order chi connectivity index (χ1) is 11.8. The first-order valence-electron chi connectivity index (χ1n) is 7.42. The van der Waals surface area contributed by atoms with E-state index in [1.54, 1.807) is 12.1 Å². The zero-order valence-corrected chi connectivity index (χ0v) is 12.8. The van der Waals surface area contributed by atoms with Crippen molar-refractivity contribution in [2.45, 2.75) is 0 Å². The van der Waals surface area contributed by atoms with Crippen LogP contribution in [-0.4, -0.2) is 0 Å². The van der Waals surface area contributed by atoms with Gasteiger partial charge in [-0.1, -0.05) is 36.4 Å². The predicted octanol–water partition coefficient (Wildman–Crippen LogP) is 4.92. The quantitative estimate of drug-likeness (QED) is 0.717. The second-order valence-corrected chi connectivity index (χ2v) is 5.15. The average Bonchev–Trinajstić information content (AvgIpc) is 2.64. The molecule has 4 heteroatoms. The molecule has 0 amide bonds. The monoisotopic (exact) mass is 310 g/mol. The Labute approximate surface area is 140 Å². The lowest BCUT2D eigenvalue weighted by molar-refractivity contribution is 1.42. The summed E-state index contributed by atoms with van der Waals surface area (Å²) in [5, 5.41) is 25.3. The maximum atomic E-state index is 9.45. The molecule has 0 radical (unpaired) electrons. The summed E-state index contributed by atoms with van der Waals surface area (Å²) in [7, 11) is 0. The van der Waals surface area contributed by atoms with Gasteiger partial charge in [-0.25, -0.2) is 0 Å². The molecule has 0 atom stereocenters. The van der Waals surface area contributed by atoms with Gasteiger partial charge >= 0.3 is 0 Å². The Morgan fingerprint density at radius 1 is 0.583 bits per heavy atom. The molecule has 0 saturated carbocycles. The topological polar surface area (TPSA) is 71.6 Å². The van der Waals surface area contributed by atoms with Crippen molar-refractivity contribution in [1.29, 1.82) is 10.5 Å². The smallest absolute Gasteiger partial charge is 0.101 e. The minimum absolute atomic E-state index is 0.469. The molecule has 0 unspecified atom stereocenters. The number of hydrogen-bond acceptors (Lipinski definition) is 4. The molecule has 0 aliphatic heterocycles. The Kier molecular flexibility index (Phi) is 4.42. The van der Waals surface area contributed by atoms with Gasteiger partial charge in [0.2, 0.25) is 0 Å². The van der Waals surface area contributed by atoms with E-state index in [0.717, 1.165) is 11.4 Å². The van der Waals surface area contributed by atoms with Gasteiger partial charge in [0.15, 0.2) is 0 Å². The Balaban J connectivity index is 1.98. The molecule has 4 nitrogen and oxygen atoms in total. The van der Waals surface area contributed by atoms with Crippen molar-refractivity contribution in [2.75, 3.05) is 10.6 Å². The fourth-order valence-corrected chi connectivity index (χ4v) is 2.35. The molecule has 3 rings (SSSR count). The third-order valence-corrected chi connectivity index (χ3v) is 3.50. The largest absolute Gasteiger partial charge is 0.354 e. The molecular weight excluding hydrogens is 296 g/mol. The summed E-state index contributed by atoms with van der Waals surface area (Å²) < 4.78 is 0. The second-order valence-electron chi connectivity index (χ2n) is 5.15. The van der Waals surface area contributed by atoms with Crippen LogP contribution in [0.5, 0.6) is 0 Å². The summed E-state index contributed by atoms with van der Waals surface area (Å²) in [4.78, 5) is 0. The predicted molar refractivity (Wildman–Crippen MR) is 95.3 cm³/mol. The lowest BCUT2D eigenvalue weighted by Crippen LogP contribution is -1.99. The highest BCUT2D eigenvalue weighted by atomic mass is 14.9.